The minimum Gasteiger partial charge on any atom is -0.382 e. The minimum atomic E-state index is 0.850. The molecule has 0 aliphatic rings. The van der Waals surface area contributed by atoms with Crippen molar-refractivity contribution in [2.75, 3.05) is 11.9 Å². The third-order valence-corrected chi connectivity index (χ3v) is 3.31. The molecule has 2 aromatic carbocycles. The van der Waals surface area contributed by atoms with Crippen molar-refractivity contribution in [1.82, 2.24) is 0 Å². The van der Waals surface area contributed by atoms with E-state index in [2.05, 4.69) is 72.9 Å². The van der Waals surface area contributed by atoms with Crippen LogP contribution in [-0.2, 0) is 6.42 Å². The van der Waals surface area contributed by atoms with Crippen LogP contribution in [0, 0.1) is 0 Å². The highest BCUT2D eigenvalue weighted by molar-refractivity contribution is 5.51. The van der Waals surface area contributed by atoms with Crippen molar-refractivity contribution in [3.63, 3.8) is 0 Å². The van der Waals surface area contributed by atoms with E-state index in [1.54, 1.807) is 0 Å². The average molecular weight is 265 g/mol. The highest BCUT2D eigenvalue weighted by Gasteiger charge is 1.93. The minimum absolute atomic E-state index is 0.850. The summed E-state index contributed by atoms with van der Waals surface area (Å²) in [5, 5.41) is 3.41. The fourth-order valence-corrected chi connectivity index (χ4v) is 2.11. The van der Waals surface area contributed by atoms with E-state index in [0.29, 0.717) is 0 Å². The normalized spacial score (nSPS) is 10.8. The molecule has 0 spiro atoms. The lowest BCUT2D eigenvalue weighted by molar-refractivity contribution is 0.795. The molecule has 0 atom stereocenters. The fourth-order valence-electron chi connectivity index (χ4n) is 2.11. The Balaban J connectivity index is 1.78. The van der Waals surface area contributed by atoms with Crippen LogP contribution in [0.4, 0.5) is 5.69 Å². The monoisotopic (exact) mass is 265 g/mol. The Morgan fingerprint density at radius 3 is 2.40 bits per heavy atom. The molecule has 0 aliphatic carbocycles. The second-order valence-electron chi connectivity index (χ2n) is 4.99. The zero-order chi connectivity index (χ0) is 14.0. The summed E-state index contributed by atoms with van der Waals surface area (Å²) in [7, 11) is 0. The topological polar surface area (TPSA) is 12.0 Å². The molecule has 0 aromatic heterocycles. The maximum atomic E-state index is 3.41. The second kappa shape index (κ2) is 8.21. The molecule has 104 valence electrons. The lowest BCUT2D eigenvalue weighted by Crippen LogP contribution is -1.98. The second-order valence-corrected chi connectivity index (χ2v) is 4.99. The Labute approximate surface area is 122 Å². The Kier molecular flexibility index (Phi) is 5.91. The summed E-state index contributed by atoms with van der Waals surface area (Å²) >= 11 is 0. The highest BCUT2D eigenvalue weighted by atomic mass is 14.8. The number of anilines is 1. The number of hydrogen-bond acceptors (Lipinski definition) is 1. The molecule has 0 amide bonds. The standard InChI is InChI=1S/C19H23N/c1-2-3-8-18-12-14-19(15-13-18)20-16-7-11-17-9-5-4-6-10-17/h4-7,9-15,20H,2-3,8,16H2,1H3. The molecule has 2 aromatic rings. The van der Waals surface area contributed by atoms with Gasteiger partial charge in [-0.25, -0.2) is 0 Å². The molecule has 0 radical (unpaired) electrons. The summed E-state index contributed by atoms with van der Waals surface area (Å²) in [5.74, 6) is 0. The smallest absolute Gasteiger partial charge is 0.0342 e. The maximum absolute atomic E-state index is 3.41. The summed E-state index contributed by atoms with van der Waals surface area (Å²) in [6.07, 6.45) is 8.00. The van der Waals surface area contributed by atoms with E-state index < -0.39 is 0 Å². The van der Waals surface area contributed by atoms with Crippen molar-refractivity contribution < 1.29 is 0 Å². The number of rotatable bonds is 7. The molecule has 0 fully saturated rings. The van der Waals surface area contributed by atoms with E-state index >= 15 is 0 Å². The van der Waals surface area contributed by atoms with Crippen molar-refractivity contribution >= 4 is 11.8 Å². The van der Waals surface area contributed by atoms with Crippen LogP contribution in [0.3, 0.4) is 0 Å². The summed E-state index contributed by atoms with van der Waals surface area (Å²) in [6, 6.07) is 19.2. The molecule has 1 nitrogen and oxygen atoms in total. The Morgan fingerprint density at radius 2 is 1.70 bits per heavy atom. The van der Waals surface area contributed by atoms with Gasteiger partial charge in [0.25, 0.3) is 0 Å². The van der Waals surface area contributed by atoms with E-state index in [9.17, 15) is 0 Å². The van der Waals surface area contributed by atoms with Gasteiger partial charge in [0.2, 0.25) is 0 Å². The number of hydrogen-bond donors (Lipinski definition) is 1. The Morgan fingerprint density at radius 1 is 0.950 bits per heavy atom. The summed E-state index contributed by atoms with van der Waals surface area (Å²) in [6.45, 7) is 3.08. The molecule has 0 saturated heterocycles. The van der Waals surface area contributed by atoms with E-state index in [4.69, 9.17) is 0 Å². The van der Waals surface area contributed by atoms with Crippen LogP contribution in [0.5, 0.6) is 0 Å². The van der Waals surface area contributed by atoms with Crippen LogP contribution in [0.15, 0.2) is 60.7 Å². The SMILES string of the molecule is CCCCc1ccc(NCC=Cc2ccccc2)cc1. The fraction of sp³-hybridized carbons (Fsp3) is 0.263. The Bertz CT molecular complexity index is 511. The van der Waals surface area contributed by atoms with Crippen LogP contribution >= 0.6 is 0 Å². The lowest BCUT2D eigenvalue weighted by atomic mass is 10.1. The highest BCUT2D eigenvalue weighted by Crippen LogP contribution is 2.11. The van der Waals surface area contributed by atoms with Crippen LogP contribution in [0.25, 0.3) is 6.08 Å². The number of unbranched alkanes of at least 4 members (excludes halogenated alkanes) is 1. The predicted molar refractivity (Wildman–Crippen MR) is 89.0 cm³/mol. The van der Waals surface area contributed by atoms with Gasteiger partial charge in [-0.3, -0.25) is 0 Å². The molecule has 2 rings (SSSR count). The molecule has 20 heavy (non-hydrogen) atoms. The maximum Gasteiger partial charge on any atom is 0.0342 e. The van der Waals surface area contributed by atoms with E-state index in [1.807, 2.05) is 6.07 Å². The van der Waals surface area contributed by atoms with E-state index in [1.165, 1.54) is 36.1 Å². The van der Waals surface area contributed by atoms with E-state index in [-0.39, 0.29) is 0 Å². The van der Waals surface area contributed by atoms with Gasteiger partial charge in [0.15, 0.2) is 0 Å². The van der Waals surface area contributed by atoms with Crippen LogP contribution in [-0.4, -0.2) is 6.54 Å². The zero-order valence-electron chi connectivity index (χ0n) is 12.2. The van der Waals surface area contributed by atoms with Gasteiger partial charge >= 0.3 is 0 Å². The van der Waals surface area contributed by atoms with Crippen LogP contribution in [0.2, 0.25) is 0 Å². The first-order valence-electron chi connectivity index (χ1n) is 7.43. The first-order chi connectivity index (χ1) is 9.88. The Hall–Kier alpha value is -2.02. The van der Waals surface area contributed by atoms with Gasteiger partial charge < -0.3 is 5.32 Å². The third-order valence-electron chi connectivity index (χ3n) is 3.31. The van der Waals surface area contributed by atoms with Gasteiger partial charge in [0.05, 0.1) is 0 Å². The van der Waals surface area contributed by atoms with Crippen molar-refractivity contribution in [1.29, 1.82) is 0 Å². The molecule has 0 saturated carbocycles. The number of aryl methyl sites for hydroxylation is 1. The lowest BCUT2D eigenvalue weighted by Gasteiger charge is -2.05. The molecule has 1 heteroatoms. The van der Waals surface area contributed by atoms with Crippen LogP contribution < -0.4 is 5.32 Å². The molecule has 0 aliphatic heterocycles. The largest absolute Gasteiger partial charge is 0.382 e. The van der Waals surface area contributed by atoms with Crippen molar-refractivity contribution in [2.45, 2.75) is 26.2 Å². The molecular weight excluding hydrogens is 242 g/mol. The summed E-state index contributed by atoms with van der Waals surface area (Å²) in [4.78, 5) is 0. The molecule has 1 N–H and O–H groups in total. The molecular formula is C19H23N. The first kappa shape index (κ1) is 14.4. The number of nitrogens with one attached hydrogen (secondary N) is 1. The average Bonchev–Trinajstić information content (AvgIpc) is 2.52. The summed E-state index contributed by atoms with van der Waals surface area (Å²) in [5.41, 5.74) is 3.85. The van der Waals surface area contributed by atoms with Crippen molar-refractivity contribution in [3.8, 4) is 0 Å². The van der Waals surface area contributed by atoms with Gasteiger partial charge in [-0.2, -0.15) is 0 Å². The van der Waals surface area contributed by atoms with Crippen molar-refractivity contribution in [3.05, 3.63) is 71.8 Å². The van der Waals surface area contributed by atoms with Crippen LogP contribution in [0.1, 0.15) is 30.9 Å². The third kappa shape index (κ3) is 4.93. The van der Waals surface area contributed by atoms with Gasteiger partial charge in [-0.1, -0.05) is 68.0 Å². The summed E-state index contributed by atoms with van der Waals surface area (Å²) < 4.78 is 0. The first-order valence-corrected chi connectivity index (χ1v) is 7.43. The molecule has 0 heterocycles. The predicted octanol–water partition coefficient (Wildman–Crippen LogP) is 5.15. The molecule has 0 bridgehead atoms. The number of benzene rings is 2. The van der Waals surface area contributed by atoms with E-state index in [0.717, 1.165) is 6.54 Å². The van der Waals surface area contributed by atoms with Crippen molar-refractivity contribution in [2.24, 2.45) is 0 Å². The molecule has 0 unspecified atom stereocenters. The van der Waals surface area contributed by atoms with Gasteiger partial charge in [-0.05, 0) is 36.1 Å². The van der Waals surface area contributed by atoms with Gasteiger partial charge in [-0.15, -0.1) is 0 Å². The van der Waals surface area contributed by atoms with Gasteiger partial charge in [0, 0.05) is 12.2 Å². The van der Waals surface area contributed by atoms with Gasteiger partial charge in [0.1, 0.15) is 0 Å². The quantitative estimate of drug-likeness (QED) is 0.729. The zero-order valence-corrected chi connectivity index (χ0v) is 12.2.